The number of nitrogens with one attached hydrogen (secondary N) is 1. The zero-order valence-electron chi connectivity index (χ0n) is 23.5. The number of halogens is 3. The van der Waals surface area contributed by atoms with Crippen LogP contribution in [0.25, 0.3) is 6.08 Å². The summed E-state index contributed by atoms with van der Waals surface area (Å²) in [5.74, 6) is -0.205. The first-order chi connectivity index (χ1) is 19.5. The number of ether oxygens (including phenoxy) is 2. The van der Waals surface area contributed by atoms with E-state index >= 15 is 0 Å². The standard InChI is InChI=1S/C32H37F3N2O4/c1-37(18-20-11-12-20)14-13-30-22-9-6-10-26(30)41-28-27(30)21(16-24(22)37)25(38)17-31(28,40-2)36-29(39)23(32(33,34)35)15-19-7-4-3-5-8-19/h3-5,7-8,15,17,20,22,24,26,28H,6,9-14,16,18H2,1-2H3,(H-,36,38,39)/p+1/t22-,24+,26-,28?,30+,31?,37?/m0/s1. The molecule has 9 heteroatoms. The van der Waals surface area contributed by atoms with Crippen molar-refractivity contribution in [1.82, 2.24) is 5.32 Å². The number of aliphatic hydroxyl groups is 1. The molecule has 3 unspecified atom stereocenters. The van der Waals surface area contributed by atoms with Crippen LogP contribution in [0.2, 0.25) is 0 Å². The molecule has 6 nitrogen and oxygen atoms in total. The summed E-state index contributed by atoms with van der Waals surface area (Å²) in [5.41, 5.74) is -1.36. The molecule has 2 saturated heterocycles. The number of piperidine rings is 1. The highest BCUT2D eigenvalue weighted by atomic mass is 19.4. The number of hydrogen-bond acceptors (Lipinski definition) is 4. The van der Waals surface area contributed by atoms with E-state index in [1.54, 1.807) is 18.2 Å². The van der Waals surface area contributed by atoms with Gasteiger partial charge in [0.25, 0.3) is 5.91 Å². The second-order valence-electron chi connectivity index (χ2n) is 13.3. The minimum atomic E-state index is -4.90. The number of hydrogen-bond donors (Lipinski definition) is 2. The van der Waals surface area contributed by atoms with Gasteiger partial charge in [0.05, 0.1) is 32.3 Å². The van der Waals surface area contributed by atoms with Crippen LogP contribution in [-0.2, 0) is 14.3 Å². The average Bonchev–Trinajstić information content (AvgIpc) is 3.68. The highest BCUT2D eigenvalue weighted by Gasteiger charge is 2.72. The first kappa shape index (κ1) is 27.2. The number of allylic oxidation sites excluding steroid dienone is 1. The molecule has 2 saturated carbocycles. The second kappa shape index (κ2) is 9.19. The number of rotatable bonds is 6. The zero-order valence-corrected chi connectivity index (χ0v) is 23.5. The molecule has 220 valence electrons. The topological polar surface area (TPSA) is 67.8 Å². The van der Waals surface area contributed by atoms with Crippen molar-refractivity contribution in [2.24, 2.45) is 17.3 Å². The fourth-order valence-electron chi connectivity index (χ4n) is 9.09. The summed E-state index contributed by atoms with van der Waals surface area (Å²) in [4.78, 5) is 13.4. The van der Waals surface area contributed by atoms with E-state index in [1.165, 1.54) is 38.2 Å². The third-order valence-corrected chi connectivity index (χ3v) is 11.1. The van der Waals surface area contributed by atoms with Gasteiger partial charge in [-0.3, -0.25) is 4.79 Å². The van der Waals surface area contributed by atoms with Crippen molar-refractivity contribution in [2.75, 3.05) is 27.2 Å². The number of carbonyl (C=O) groups is 1. The predicted octanol–water partition coefficient (Wildman–Crippen LogP) is 5.43. The maximum absolute atomic E-state index is 14.2. The smallest absolute Gasteiger partial charge is 0.421 e. The lowest BCUT2D eigenvalue weighted by Crippen LogP contribution is -2.69. The van der Waals surface area contributed by atoms with Crippen molar-refractivity contribution >= 4 is 12.0 Å². The molecule has 1 aromatic rings. The maximum atomic E-state index is 14.2. The van der Waals surface area contributed by atoms with Gasteiger partial charge < -0.3 is 24.4 Å². The Morgan fingerprint density at radius 1 is 1.22 bits per heavy atom. The van der Waals surface area contributed by atoms with E-state index in [0.29, 0.717) is 18.4 Å². The molecule has 1 amide bonds. The Hall–Kier alpha value is -2.62. The first-order valence-corrected chi connectivity index (χ1v) is 14.9. The second-order valence-corrected chi connectivity index (χ2v) is 13.3. The van der Waals surface area contributed by atoms with Gasteiger partial charge in [-0.05, 0) is 42.9 Å². The minimum absolute atomic E-state index is 0.0171. The summed E-state index contributed by atoms with van der Waals surface area (Å²) in [6, 6.07) is 8.30. The fraction of sp³-hybridized carbons (Fsp3) is 0.594. The van der Waals surface area contributed by atoms with E-state index in [0.717, 1.165) is 66.4 Å². The molecule has 6 aliphatic rings. The third-order valence-electron chi connectivity index (χ3n) is 11.1. The largest absolute Gasteiger partial charge is 0.508 e. The van der Waals surface area contributed by atoms with E-state index in [9.17, 15) is 23.1 Å². The molecule has 7 atom stereocenters. The Morgan fingerprint density at radius 2 is 1.98 bits per heavy atom. The van der Waals surface area contributed by atoms with E-state index in [2.05, 4.69) is 12.4 Å². The van der Waals surface area contributed by atoms with Gasteiger partial charge in [-0.1, -0.05) is 36.8 Å². The van der Waals surface area contributed by atoms with Crippen LogP contribution in [0.5, 0.6) is 0 Å². The van der Waals surface area contributed by atoms with Gasteiger partial charge in [0, 0.05) is 48.9 Å². The highest BCUT2D eigenvalue weighted by Crippen LogP contribution is 2.68. The number of likely N-dealkylation sites (tertiary alicyclic amines) is 1. The summed E-state index contributed by atoms with van der Waals surface area (Å²) >= 11 is 0. The normalized spacial score (nSPS) is 39.7. The lowest BCUT2D eigenvalue weighted by atomic mass is 9.50. The Balaban J connectivity index is 1.28. The molecule has 4 aliphatic carbocycles. The van der Waals surface area contributed by atoms with Gasteiger partial charge in [0.1, 0.15) is 17.4 Å². The number of benzene rings is 1. The third kappa shape index (κ3) is 4.06. The van der Waals surface area contributed by atoms with Crippen LogP contribution in [0, 0.1) is 17.3 Å². The molecule has 0 radical (unpaired) electrons. The molecule has 1 aromatic carbocycles. The number of methoxy groups -OCH3 is 1. The number of carbonyl (C=O) groups excluding carboxylic acids is 1. The molecular weight excluding hydrogens is 533 g/mol. The average molecular weight is 572 g/mol. The van der Waals surface area contributed by atoms with Crippen molar-refractivity contribution in [3.63, 3.8) is 0 Å². The van der Waals surface area contributed by atoms with Crippen LogP contribution < -0.4 is 5.32 Å². The summed E-state index contributed by atoms with van der Waals surface area (Å²) in [6.07, 6.45) is 3.51. The van der Waals surface area contributed by atoms with Crippen LogP contribution in [0.3, 0.4) is 0 Å². The van der Waals surface area contributed by atoms with Gasteiger partial charge in [-0.15, -0.1) is 0 Å². The van der Waals surface area contributed by atoms with Crippen LogP contribution in [0.4, 0.5) is 13.2 Å². The van der Waals surface area contributed by atoms with Gasteiger partial charge in [-0.25, -0.2) is 0 Å². The molecular formula is C32H38F3N2O4+. The van der Waals surface area contributed by atoms with Crippen molar-refractivity contribution < 1.29 is 37.0 Å². The van der Waals surface area contributed by atoms with Crippen LogP contribution in [0.15, 0.2) is 58.9 Å². The number of amides is 1. The highest BCUT2D eigenvalue weighted by molar-refractivity contribution is 5.99. The van der Waals surface area contributed by atoms with Gasteiger partial charge in [-0.2, -0.15) is 13.2 Å². The molecule has 2 bridgehead atoms. The van der Waals surface area contributed by atoms with Crippen molar-refractivity contribution in [1.29, 1.82) is 0 Å². The van der Waals surface area contributed by atoms with Gasteiger partial charge in [0.2, 0.25) is 0 Å². The number of quaternary nitrogens is 1. The fourth-order valence-corrected chi connectivity index (χ4v) is 9.09. The molecule has 0 aromatic heterocycles. The van der Waals surface area contributed by atoms with E-state index in [1.807, 2.05) is 0 Å². The SMILES string of the molecule is COC1(NC(=O)C(=Cc2ccccc2)C(F)(F)F)C=C(O)C2=C3C1O[C@H]1CCC[C@H]4[C@@H](C2)[N+](C)(CC2CC2)CC[C@]314. The van der Waals surface area contributed by atoms with Crippen molar-refractivity contribution in [3.05, 3.63) is 64.4 Å². The molecule has 1 spiro atoms. The molecule has 2 N–H and O–H groups in total. The van der Waals surface area contributed by atoms with Crippen molar-refractivity contribution in [2.45, 2.75) is 75.1 Å². The zero-order chi connectivity index (χ0) is 28.8. The van der Waals surface area contributed by atoms with E-state index in [4.69, 9.17) is 9.47 Å². The molecule has 2 heterocycles. The van der Waals surface area contributed by atoms with Gasteiger partial charge in [0.15, 0.2) is 5.72 Å². The lowest BCUT2D eigenvalue weighted by molar-refractivity contribution is -0.947. The minimum Gasteiger partial charge on any atom is -0.508 e. The van der Waals surface area contributed by atoms with Crippen molar-refractivity contribution in [3.8, 4) is 0 Å². The maximum Gasteiger partial charge on any atom is 0.421 e. The monoisotopic (exact) mass is 571 g/mol. The molecule has 7 rings (SSSR count). The quantitative estimate of drug-likeness (QED) is 0.272. The predicted molar refractivity (Wildman–Crippen MR) is 146 cm³/mol. The summed E-state index contributed by atoms with van der Waals surface area (Å²) in [7, 11) is 3.72. The number of aliphatic hydroxyl groups excluding tert-OH is 1. The molecule has 4 fully saturated rings. The van der Waals surface area contributed by atoms with Gasteiger partial charge >= 0.3 is 6.18 Å². The van der Waals surface area contributed by atoms with Crippen LogP contribution >= 0.6 is 0 Å². The van der Waals surface area contributed by atoms with E-state index < -0.39 is 29.5 Å². The van der Waals surface area contributed by atoms with Crippen LogP contribution in [-0.4, -0.2) is 72.9 Å². The Bertz CT molecular complexity index is 1350. The Morgan fingerprint density at radius 3 is 2.66 bits per heavy atom. The summed E-state index contributed by atoms with van der Waals surface area (Å²) < 4.78 is 56.3. The number of alkyl halides is 3. The lowest BCUT2D eigenvalue weighted by Gasteiger charge is -2.62. The first-order valence-electron chi connectivity index (χ1n) is 14.9. The Labute approximate surface area is 238 Å². The van der Waals surface area contributed by atoms with Crippen LogP contribution in [0.1, 0.15) is 50.5 Å². The summed E-state index contributed by atoms with van der Waals surface area (Å²) in [5, 5.41) is 14.1. The molecule has 41 heavy (non-hydrogen) atoms. The van der Waals surface area contributed by atoms with E-state index in [-0.39, 0.29) is 22.8 Å². The molecule has 2 aliphatic heterocycles. The summed E-state index contributed by atoms with van der Waals surface area (Å²) in [6.45, 7) is 2.17. The Kier molecular flexibility index (Phi) is 6.10. The number of nitrogens with zero attached hydrogens (tertiary/aromatic N) is 1.